The van der Waals surface area contributed by atoms with Crippen molar-refractivity contribution in [1.82, 2.24) is 10.6 Å². The predicted octanol–water partition coefficient (Wildman–Crippen LogP) is 1.76. The molecule has 0 heterocycles. The fourth-order valence-corrected chi connectivity index (χ4v) is 1.69. The number of carbonyl (C=O) groups is 2. The van der Waals surface area contributed by atoms with E-state index in [1.807, 2.05) is 19.1 Å². The summed E-state index contributed by atoms with van der Waals surface area (Å²) in [5, 5.41) is 8.67. The first-order valence-corrected chi connectivity index (χ1v) is 7.06. The summed E-state index contributed by atoms with van der Waals surface area (Å²) in [6.45, 7) is 5.84. The lowest BCUT2D eigenvalue weighted by atomic mass is 10.2. The average Bonchev–Trinajstić information content (AvgIpc) is 2.46. The standard InChI is InChI=1S/C15H23N3O2/c1-3-10-17-13-7-5-12(6-8-13)15(20)18-11-9-14(19)16-4-2/h5-8,17H,3-4,9-11H2,1-2H3,(H,16,19)(H,18,20). The minimum absolute atomic E-state index is 0.0492. The first-order chi connectivity index (χ1) is 9.67. The first kappa shape index (κ1) is 16.0. The Balaban J connectivity index is 2.37. The van der Waals surface area contributed by atoms with Gasteiger partial charge >= 0.3 is 0 Å². The van der Waals surface area contributed by atoms with Crippen LogP contribution in [0.25, 0.3) is 0 Å². The third-order valence-corrected chi connectivity index (χ3v) is 2.74. The zero-order chi connectivity index (χ0) is 14.8. The highest BCUT2D eigenvalue weighted by Crippen LogP contribution is 2.09. The molecule has 0 fully saturated rings. The van der Waals surface area contributed by atoms with Crippen LogP contribution in [0.3, 0.4) is 0 Å². The van der Waals surface area contributed by atoms with Gasteiger partial charge in [-0.2, -0.15) is 0 Å². The summed E-state index contributed by atoms with van der Waals surface area (Å²) >= 11 is 0. The molecular weight excluding hydrogens is 254 g/mol. The van der Waals surface area contributed by atoms with Crippen LogP contribution in [-0.4, -0.2) is 31.4 Å². The molecule has 3 N–H and O–H groups in total. The van der Waals surface area contributed by atoms with Crippen LogP contribution in [0.15, 0.2) is 24.3 Å². The molecule has 110 valence electrons. The van der Waals surface area contributed by atoms with Gasteiger partial charge in [0.15, 0.2) is 0 Å². The van der Waals surface area contributed by atoms with Crippen LogP contribution in [0.5, 0.6) is 0 Å². The molecule has 0 saturated heterocycles. The highest BCUT2D eigenvalue weighted by molar-refractivity contribution is 5.94. The average molecular weight is 277 g/mol. The van der Waals surface area contributed by atoms with Crippen LogP contribution in [0.4, 0.5) is 5.69 Å². The molecule has 20 heavy (non-hydrogen) atoms. The second-order valence-electron chi connectivity index (χ2n) is 4.46. The molecular formula is C15H23N3O2. The van der Waals surface area contributed by atoms with E-state index in [-0.39, 0.29) is 11.8 Å². The van der Waals surface area contributed by atoms with Crippen molar-refractivity contribution in [3.63, 3.8) is 0 Å². The summed E-state index contributed by atoms with van der Waals surface area (Å²) in [6.07, 6.45) is 1.36. The Morgan fingerprint density at radius 3 is 2.30 bits per heavy atom. The van der Waals surface area contributed by atoms with E-state index in [4.69, 9.17) is 0 Å². The number of carbonyl (C=O) groups excluding carboxylic acids is 2. The van der Waals surface area contributed by atoms with Gasteiger partial charge in [0.2, 0.25) is 5.91 Å². The van der Waals surface area contributed by atoms with Gasteiger partial charge in [-0.25, -0.2) is 0 Å². The summed E-state index contributed by atoms with van der Waals surface area (Å²) in [7, 11) is 0. The van der Waals surface area contributed by atoms with Gasteiger partial charge in [0.25, 0.3) is 5.91 Å². The molecule has 0 bridgehead atoms. The predicted molar refractivity (Wildman–Crippen MR) is 80.9 cm³/mol. The summed E-state index contributed by atoms with van der Waals surface area (Å²) in [5.74, 6) is -0.205. The van der Waals surface area contributed by atoms with Crippen molar-refractivity contribution in [2.45, 2.75) is 26.7 Å². The molecule has 0 radical (unpaired) electrons. The molecule has 2 amide bonds. The smallest absolute Gasteiger partial charge is 0.251 e. The van der Waals surface area contributed by atoms with Gasteiger partial charge < -0.3 is 16.0 Å². The van der Waals surface area contributed by atoms with Gasteiger partial charge in [0, 0.05) is 37.3 Å². The number of anilines is 1. The number of amides is 2. The van der Waals surface area contributed by atoms with Gasteiger partial charge in [-0.1, -0.05) is 6.92 Å². The minimum Gasteiger partial charge on any atom is -0.385 e. The molecule has 0 spiro atoms. The topological polar surface area (TPSA) is 70.2 Å². The van der Waals surface area contributed by atoms with Gasteiger partial charge in [-0.15, -0.1) is 0 Å². The van der Waals surface area contributed by atoms with Gasteiger partial charge in [-0.05, 0) is 37.6 Å². The van der Waals surface area contributed by atoms with E-state index in [0.29, 0.717) is 25.1 Å². The van der Waals surface area contributed by atoms with E-state index < -0.39 is 0 Å². The van der Waals surface area contributed by atoms with E-state index in [1.54, 1.807) is 12.1 Å². The van der Waals surface area contributed by atoms with Crippen LogP contribution in [0, 0.1) is 0 Å². The van der Waals surface area contributed by atoms with Crippen LogP contribution in [-0.2, 0) is 4.79 Å². The highest BCUT2D eigenvalue weighted by Gasteiger charge is 2.06. The van der Waals surface area contributed by atoms with Gasteiger partial charge in [0.1, 0.15) is 0 Å². The van der Waals surface area contributed by atoms with E-state index >= 15 is 0 Å². The van der Waals surface area contributed by atoms with E-state index in [9.17, 15) is 9.59 Å². The number of hydrogen-bond donors (Lipinski definition) is 3. The lowest BCUT2D eigenvalue weighted by molar-refractivity contribution is -0.120. The molecule has 1 aromatic carbocycles. The van der Waals surface area contributed by atoms with Crippen molar-refractivity contribution in [3.05, 3.63) is 29.8 Å². The Labute approximate surface area is 120 Å². The SMILES string of the molecule is CCCNc1ccc(C(=O)NCCC(=O)NCC)cc1. The van der Waals surface area contributed by atoms with Gasteiger partial charge in [0.05, 0.1) is 0 Å². The zero-order valence-corrected chi connectivity index (χ0v) is 12.2. The molecule has 5 heteroatoms. The second-order valence-corrected chi connectivity index (χ2v) is 4.46. The Morgan fingerprint density at radius 2 is 1.70 bits per heavy atom. The van der Waals surface area contributed by atoms with Crippen molar-refractivity contribution in [3.8, 4) is 0 Å². The summed E-state index contributed by atoms with van der Waals surface area (Å²) in [5.41, 5.74) is 1.61. The minimum atomic E-state index is -0.156. The maximum absolute atomic E-state index is 11.8. The van der Waals surface area contributed by atoms with Crippen molar-refractivity contribution in [2.75, 3.05) is 25.0 Å². The summed E-state index contributed by atoms with van der Waals surface area (Å²) in [4.78, 5) is 23.1. The molecule has 1 rings (SSSR count). The largest absolute Gasteiger partial charge is 0.385 e. The molecule has 0 atom stereocenters. The van der Waals surface area contributed by atoms with Crippen LogP contribution >= 0.6 is 0 Å². The molecule has 0 saturated carbocycles. The maximum atomic E-state index is 11.8. The monoisotopic (exact) mass is 277 g/mol. The van der Waals surface area contributed by atoms with Crippen molar-refractivity contribution in [1.29, 1.82) is 0 Å². The van der Waals surface area contributed by atoms with Gasteiger partial charge in [-0.3, -0.25) is 9.59 Å². The highest BCUT2D eigenvalue weighted by atomic mass is 16.2. The van der Waals surface area contributed by atoms with Crippen LogP contribution in [0.1, 0.15) is 37.0 Å². The Kier molecular flexibility index (Phi) is 7.17. The summed E-state index contributed by atoms with van der Waals surface area (Å²) in [6, 6.07) is 7.32. The molecule has 0 aliphatic rings. The molecule has 0 aliphatic carbocycles. The number of hydrogen-bond acceptors (Lipinski definition) is 3. The number of benzene rings is 1. The summed E-state index contributed by atoms with van der Waals surface area (Å²) < 4.78 is 0. The third kappa shape index (κ3) is 5.73. The van der Waals surface area contributed by atoms with Crippen molar-refractivity contribution >= 4 is 17.5 Å². The quantitative estimate of drug-likeness (QED) is 0.678. The lowest BCUT2D eigenvalue weighted by Gasteiger charge is -2.07. The normalized spacial score (nSPS) is 9.90. The first-order valence-electron chi connectivity index (χ1n) is 7.06. The van der Waals surface area contributed by atoms with E-state index in [1.165, 1.54) is 0 Å². The lowest BCUT2D eigenvalue weighted by Crippen LogP contribution is -2.30. The number of rotatable bonds is 8. The molecule has 5 nitrogen and oxygen atoms in total. The van der Waals surface area contributed by atoms with Crippen LogP contribution in [0.2, 0.25) is 0 Å². The Hall–Kier alpha value is -2.04. The molecule has 0 aromatic heterocycles. The Morgan fingerprint density at radius 1 is 1.00 bits per heavy atom. The Bertz CT molecular complexity index is 429. The van der Waals surface area contributed by atoms with E-state index in [2.05, 4.69) is 22.9 Å². The molecule has 1 aromatic rings. The number of nitrogens with one attached hydrogen (secondary N) is 3. The fraction of sp³-hybridized carbons (Fsp3) is 0.467. The van der Waals surface area contributed by atoms with E-state index in [0.717, 1.165) is 18.7 Å². The zero-order valence-electron chi connectivity index (χ0n) is 12.2. The second kappa shape index (κ2) is 8.96. The van der Waals surface area contributed by atoms with Crippen LogP contribution < -0.4 is 16.0 Å². The third-order valence-electron chi connectivity index (χ3n) is 2.74. The molecule has 0 unspecified atom stereocenters. The molecule has 0 aliphatic heterocycles. The van der Waals surface area contributed by atoms with Crippen molar-refractivity contribution in [2.24, 2.45) is 0 Å². The van der Waals surface area contributed by atoms with Crippen molar-refractivity contribution < 1.29 is 9.59 Å². The fourth-order valence-electron chi connectivity index (χ4n) is 1.69. The maximum Gasteiger partial charge on any atom is 0.251 e.